The third-order valence-corrected chi connectivity index (χ3v) is 11.2. The maximum absolute atomic E-state index is 15.0. The van der Waals surface area contributed by atoms with Crippen molar-refractivity contribution >= 4 is 28.5 Å². The van der Waals surface area contributed by atoms with Crippen molar-refractivity contribution in [2.24, 2.45) is 0 Å². The molecule has 6 rings (SSSR count). The second kappa shape index (κ2) is 19.4. The molecule has 304 valence electrons. The fraction of sp³-hybridized carbons (Fsp3) is 0.390. The van der Waals surface area contributed by atoms with E-state index in [0.29, 0.717) is 50.4 Å². The van der Waals surface area contributed by atoms with Crippen LogP contribution in [0.15, 0.2) is 97.1 Å². The first-order valence-electron chi connectivity index (χ1n) is 19.3. The molecule has 2 aliphatic heterocycles. The van der Waals surface area contributed by atoms with Crippen LogP contribution in [0.5, 0.6) is 0 Å². The highest BCUT2D eigenvalue weighted by atomic mass is 16.6. The Kier molecular flexibility index (Phi) is 13.9. The number of piperazine rings is 2. The van der Waals surface area contributed by atoms with Crippen molar-refractivity contribution in [1.82, 2.24) is 19.6 Å². The predicted molar refractivity (Wildman–Crippen MR) is 216 cm³/mol. The smallest absolute Gasteiger partial charge is 0.269 e. The lowest BCUT2D eigenvalue weighted by Crippen LogP contribution is -2.50. The second-order valence-electron chi connectivity index (χ2n) is 14.8. The van der Waals surface area contributed by atoms with E-state index in [2.05, 4.69) is 19.6 Å². The number of nitro benzene ring substituents is 4. The predicted octanol–water partition coefficient (Wildman–Crippen LogP) is 5.48. The summed E-state index contributed by atoms with van der Waals surface area (Å²) in [5.41, 5.74) is 3.32. The number of rotatable bonds is 18. The minimum absolute atomic E-state index is 0.0571. The zero-order valence-electron chi connectivity index (χ0n) is 32.0. The van der Waals surface area contributed by atoms with Crippen molar-refractivity contribution in [2.45, 2.75) is 24.7 Å². The maximum atomic E-state index is 15.0. The molecule has 0 aromatic heterocycles. The molecule has 2 saturated heterocycles. The highest BCUT2D eigenvalue weighted by Crippen LogP contribution is 2.31. The molecule has 17 heteroatoms. The van der Waals surface area contributed by atoms with Crippen LogP contribution >= 0.6 is 0 Å². The average Bonchev–Trinajstić information content (AvgIpc) is 3.24. The number of benzene rings is 4. The van der Waals surface area contributed by atoms with Gasteiger partial charge in [0.2, 0.25) is 0 Å². The van der Waals surface area contributed by atoms with Gasteiger partial charge in [0.1, 0.15) is 5.78 Å². The molecular weight excluding hydrogens is 748 g/mol. The van der Waals surface area contributed by atoms with Gasteiger partial charge in [-0.05, 0) is 35.1 Å². The Labute approximate surface area is 335 Å². The maximum Gasteiger partial charge on any atom is 0.269 e. The van der Waals surface area contributed by atoms with Crippen LogP contribution in [0.4, 0.5) is 22.7 Å². The van der Waals surface area contributed by atoms with Gasteiger partial charge in [-0.2, -0.15) is 0 Å². The number of hydrogen-bond donors (Lipinski definition) is 0. The van der Waals surface area contributed by atoms with E-state index in [-0.39, 0.29) is 28.5 Å². The molecule has 0 radical (unpaired) electrons. The van der Waals surface area contributed by atoms with E-state index in [4.69, 9.17) is 0 Å². The van der Waals surface area contributed by atoms with Crippen molar-refractivity contribution in [1.29, 1.82) is 0 Å². The van der Waals surface area contributed by atoms with Crippen LogP contribution < -0.4 is 0 Å². The van der Waals surface area contributed by atoms with Gasteiger partial charge >= 0.3 is 0 Å². The molecule has 58 heavy (non-hydrogen) atoms. The highest BCUT2D eigenvalue weighted by molar-refractivity contribution is 5.92. The van der Waals surface area contributed by atoms with Crippen molar-refractivity contribution in [2.75, 3.05) is 78.5 Å². The Bertz CT molecular complexity index is 1900. The van der Waals surface area contributed by atoms with E-state index in [1.807, 2.05) is 0 Å². The lowest BCUT2D eigenvalue weighted by atomic mass is 9.82. The fourth-order valence-corrected chi connectivity index (χ4v) is 7.67. The van der Waals surface area contributed by atoms with E-state index < -0.39 is 31.5 Å². The van der Waals surface area contributed by atoms with E-state index in [9.17, 15) is 45.3 Å². The third kappa shape index (κ3) is 11.1. The molecule has 4 aromatic carbocycles. The van der Waals surface area contributed by atoms with Crippen molar-refractivity contribution in [3.05, 3.63) is 160 Å². The van der Waals surface area contributed by atoms with Gasteiger partial charge in [0.05, 0.1) is 31.5 Å². The molecule has 0 spiro atoms. The van der Waals surface area contributed by atoms with Gasteiger partial charge in [-0.25, -0.2) is 0 Å². The molecule has 2 heterocycles. The number of nitro groups is 4. The average molecular weight is 795 g/mol. The van der Waals surface area contributed by atoms with Crippen LogP contribution in [-0.4, -0.2) is 124 Å². The number of ketones is 1. The number of nitrogens with zero attached hydrogens (tertiary/aromatic N) is 8. The first-order chi connectivity index (χ1) is 27.9. The summed E-state index contributed by atoms with van der Waals surface area (Å²) in [5.74, 6) is -1.32. The zero-order valence-corrected chi connectivity index (χ0v) is 32.0. The Hall–Kier alpha value is -6.01. The molecule has 17 nitrogen and oxygen atoms in total. The number of hydrogen-bond acceptors (Lipinski definition) is 13. The number of non-ortho nitro benzene ring substituents is 4. The van der Waals surface area contributed by atoms with E-state index >= 15 is 0 Å². The number of carbonyl (C=O) groups excluding carboxylic acids is 1. The number of Topliss-reactive ketones (excluding diaryl/α,β-unsaturated/α-hetero) is 1. The highest BCUT2D eigenvalue weighted by Gasteiger charge is 2.34. The van der Waals surface area contributed by atoms with Gasteiger partial charge in [-0.3, -0.25) is 55.1 Å². The summed E-state index contributed by atoms with van der Waals surface area (Å²) in [7, 11) is 0. The molecule has 0 amide bonds. The lowest BCUT2D eigenvalue weighted by molar-refractivity contribution is -0.385. The summed E-state index contributed by atoms with van der Waals surface area (Å²) < 4.78 is 0. The normalized spacial score (nSPS) is 16.7. The first-order valence-corrected chi connectivity index (χ1v) is 19.3. The van der Waals surface area contributed by atoms with Gasteiger partial charge in [0.15, 0.2) is 0 Å². The SMILES string of the molecule is O=C(C(CN1CCN(CCc2ccc([N+](=O)[O-])cc2)CC1)c1ccc([N+](=O)[O-])cc1)C(CN1CCN(CCc2ccc([N+](=O)[O-])cc2)CC1)c1ccc([N+](=O)[O-])cc1. The number of carbonyl (C=O) groups is 1. The largest absolute Gasteiger partial charge is 0.300 e. The van der Waals surface area contributed by atoms with Crippen LogP contribution in [0.2, 0.25) is 0 Å². The summed E-state index contributed by atoms with van der Waals surface area (Å²) in [5, 5.41) is 45.1. The topological polar surface area (TPSA) is 203 Å². The standard InChI is InChI=1S/C41H46N8O9/c50-41(39(33-5-13-37(14-6-33)48(55)56)29-44-25-21-42(22-26-44)19-17-31-1-9-35(10-2-31)46(51)52)40(34-7-15-38(16-8-34)49(57)58)30-45-27-23-43(24-28-45)20-18-32-3-11-36(12-4-32)47(53)54/h1-16,39-40H,17-30H2. The Morgan fingerprint density at radius 3 is 0.966 bits per heavy atom. The molecule has 0 bridgehead atoms. The van der Waals surface area contributed by atoms with Crippen LogP contribution in [0.1, 0.15) is 34.1 Å². The Balaban J connectivity index is 1.14. The van der Waals surface area contributed by atoms with Gasteiger partial charge in [0, 0.05) is 127 Å². The third-order valence-electron chi connectivity index (χ3n) is 11.2. The molecule has 2 aliphatic rings. The molecule has 4 aromatic rings. The van der Waals surface area contributed by atoms with Crippen molar-refractivity contribution in [3.8, 4) is 0 Å². The summed E-state index contributed by atoms with van der Waals surface area (Å²) in [6, 6.07) is 25.4. The van der Waals surface area contributed by atoms with Gasteiger partial charge in [-0.15, -0.1) is 0 Å². The Morgan fingerprint density at radius 2 is 0.690 bits per heavy atom. The first kappa shape index (κ1) is 41.6. The summed E-state index contributed by atoms with van der Waals surface area (Å²) in [6.07, 6.45) is 1.49. The van der Waals surface area contributed by atoms with E-state index in [0.717, 1.165) is 63.2 Å². The Morgan fingerprint density at radius 1 is 0.431 bits per heavy atom. The minimum atomic E-state index is -0.629. The van der Waals surface area contributed by atoms with Crippen LogP contribution in [0, 0.1) is 40.5 Å². The summed E-state index contributed by atoms with van der Waals surface area (Å²) >= 11 is 0. The second-order valence-corrected chi connectivity index (χ2v) is 14.8. The van der Waals surface area contributed by atoms with Crippen LogP contribution in [0.3, 0.4) is 0 Å². The zero-order chi connectivity index (χ0) is 41.2. The molecule has 2 atom stereocenters. The minimum Gasteiger partial charge on any atom is -0.300 e. The van der Waals surface area contributed by atoms with E-state index in [1.54, 1.807) is 48.5 Å². The lowest BCUT2D eigenvalue weighted by Gasteiger charge is -2.38. The van der Waals surface area contributed by atoms with Gasteiger partial charge < -0.3 is 9.80 Å². The van der Waals surface area contributed by atoms with Crippen molar-refractivity contribution < 1.29 is 24.5 Å². The van der Waals surface area contributed by atoms with Gasteiger partial charge in [-0.1, -0.05) is 48.5 Å². The molecule has 0 saturated carbocycles. The molecule has 0 N–H and O–H groups in total. The summed E-state index contributed by atoms with van der Waals surface area (Å²) in [4.78, 5) is 67.5. The molecule has 2 fully saturated rings. The monoisotopic (exact) mass is 794 g/mol. The molecule has 0 aliphatic carbocycles. The fourth-order valence-electron chi connectivity index (χ4n) is 7.67. The molecule has 2 unspecified atom stereocenters. The molecular formula is C41H46N8O9. The van der Waals surface area contributed by atoms with Crippen molar-refractivity contribution in [3.63, 3.8) is 0 Å². The quantitative estimate of drug-likeness (QED) is 0.0906. The van der Waals surface area contributed by atoms with Crippen LogP contribution in [0.25, 0.3) is 0 Å². The van der Waals surface area contributed by atoms with E-state index in [1.165, 1.54) is 48.5 Å². The van der Waals surface area contributed by atoms with Crippen LogP contribution in [-0.2, 0) is 17.6 Å². The van der Waals surface area contributed by atoms with Gasteiger partial charge in [0.25, 0.3) is 22.7 Å². The summed E-state index contributed by atoms with van der Waals surface area (Å²) in [6.45, 7) is 8.17.